The Labute approximate surface area is 106 Å². The van der Waals surface area contributed by atoms with Gasteiger partial charge < -0.3 is 10.2 Å². The van der Waals surface area contributed by atoms with Gasteiger partial charge in [0.1, 0.15) is 5.76 Å². The molecule has 0 radical (unpaired) electrons. The second kappa shape index (κ2) is 4.96. The minimum atomic E-state index is -3.20. The molecule has 0 saturated carbocycles. The molecule has 0 bridgehead atoms. The second-order valence-electron chi connectivity index (χ2n) is 4.23. The zero-order valence-corrected chi connectivity index (χ0v) is 10.9. The largest absolute Gasteiger partial charge is 0.469 e. The van der Waals surface area contributed by atoms with Crippen LogP contribution in [0.25, 0.3) is 0 Å². The molecule has 0 aliphatic rings. The average Bonchev–Trinajstić information content (AvgIpc) is 2.81. The molecule has 18 heavy (non-hydrogen) atoms. The fourth-order valence-corrected chi connectivity index (χ4v) is 2.42. The molecule has 0 fully saturated rings. The lowest BCUT2D eigenvalue weighted by molar-refractivity contribution is 0.488. The predicted molar refractivity (Wildman–Crippen MR) is 68.9 cm³/mol. The highest BCUT2D eigenvalue weighted by molar-refractivity contribution is 7.90. The summed E-state index contributed by atoms with van der Waals surface area (Å²) in [6.45, 7) is 0. The highest BCUT2D eigenvalue weighted by Crippen LogP contribution is 2.19. The van der Waals surface area contributed by atoms with Crippen LogP contribution < -0.4 is 5.73 Å². The number of nitrogens with two attached hydrogens (primary N) is 1. The van der Waals surface area contributed by atoms with Crippen molar-refractivity contribution in [1.29, 1.82) is 0 Å². The average molecular weight is 265 g/mol. The normalized spacial score (nSPS) is 13.4. The first-order chi connectivity index (χ1) is 8.47. The fourth-order valence-electron chi connectivity index (χ4n) is 1.74. The molecule has 1 atom stereocenters. The van der Waals surface area contributed by atoms with E-state index in [0.29, 0.717) is 6.42 Å². The third-order valence-electron chi connectivity index (χ3n) is 2.72. The highest BCUT2D eigenvalue weighted by atomic mass is 32.2. The van der Waals surface area contributed by atoms with Crippen LogP contribution in [0.2, 0.25) is 0 Å². The first kappa shape index (κ1) is 12.9. The van der Waals surface area contributed by atoms with Gasteiger partial charge in [0.15, 0.2) is 9.84 Å². The minimum Gasteiger partial charge on any atom is -0.469 e. The van der Waals surface area contributed by atoms with E-state index in [9.17, 15) is 8.42 Å². The van der Waals surface area contributed by atoms with Crippen molar-refractivity contribution in [2.75, 3.05) is 6.26 Å². The Morgan fingerprint density at radius 2 is 2.06 bits per heavy atom. The van der Waals surface area contributed by atoms with Gasteiger partial charge in [0.25, 0.3) is 0 Å². The lowest BCUT2D eigenvalue weighted by atomic mass is 10.0. The smallest absolute Gasteiger partial charge is 0.175 e. The van der Waals surface area contributed by atoms with Gasteiger partial charge in [0.05, 0.1) is 11.2 Å². The van der Waals surface area contributed by atoms with Crippen LogP contribution in [0.5, 0.6) is 0 Å². The van der Waals surface area contributed by atoms with E-state index in [-0.39, 0.29) is 10.9 Å². The molecule has 1 heterocycles. The summed E-state index contributed by atoms with van der Waals surface area (Å²) in [6, 6.07) is 10.1. The molecule has 1 aromatic carbocycles. The Balaban J connectivity index is 2.23. The molecule has 4 nitrogen and oxygen atoms in total. The summed E-state index contributed by atoms with van der Waals surface area (Å²) < 4.78 is 28.2. The maximum Gasteiger partial charge on any atom is 0.175 e. The zero-order valence-electron chi connectivity index (χ0n) is 10.0. The van der Waals surface area contributed by atoms with Gasteiger partial charge in [-0.05, 0) is 29.8 Å². The van der Waals surface area contributed by atoms with Crippen LogP contribution in [-0.4, -0.2) is 14.7 Å². The molecule has 1 unspecified atom stereocenters. The first-order valence-corrected chi connectivity index (χ1v) is 7.44. The summed E-state index contributed by atoms with van der Waals surface area (Å²) in [5.74, 6) is 0.784. The van der Waals surface area contributed by atoms with Gasteiger partial charge in [-0.1, -0.05) is 12.1 Å². The van der Waals surface area contributed by atoms with Crippen molar-refractivity contribution in [3.8, 4) is 0 Å². The summed E-state index contributed by atoms with van der Waals surface area (Å²) in [5, 5.41) is 0. The Morgan fingerprint density at radius 3 is 2.67 bits per heavy atom. The van der Waals surface area contributed by atoms with Crippen molar-refractivity contribution in [2.45, 2.75) is 17.4 Å². The standard InChI is InChI=1S/C13H15NO3S/c1-18(15,16)12-6-2-4-10(8-12)13(14)9-11-5-3-7-17-11/h2-8,13H,9,14H2,1H3. The van der Waals surface area contributed by atoms with Crippen molar-refractivity contribution in [2.24, 2.45) is 5.73 Å². The second-order valence-corrected chi connectivity index (χ2v) is 6.25. The highest BCUT2D eigenvalue weighted by Gasteiger charge is 2.12. The van der Waals surface area contributed by atoms with Gasteiger partial charge in [0, 0.05) is 18.7 Å². The molecular weight excluding hydrogens is 250 g/mol. The molecule has 0 saturated heterocycles. The SMILES string of the molecule is CS(=O)(=O)c1cccc(C(N)Cc2ccco2)c1. The van der Waals surface area contributed by atoms with Crippen LogP contribution >= 0.6 is 0 Å². The molecule has 2 N–H and O–H groups in total. The Kier molecular flexibility index (Phi) is 3.54. The van der Waals surface area contributed by atoms with E-state index in [0.717, 1.165) is 11.3 Å². The summed E-state index contributed by atoms with van der Waals surface area (Å²) in [7, 11) is -3.20. The molecule has 2 aromatic rings. The Morgan fingerprint density at radius 1 is 1.28 bits per heavy atom. The number of hydrogen-bond donors (Lipinski definition) is 1. The van der Waals surface area contributed by atoms with Crippen LogP contribution in [0.15, 0.2) is 52.0 Å². The molecule has 1 aromatic heterocycles. The van der Waals surface area contributed by atoms with Crippen LogP contribution in [0, 0.1) is 0 Å². The molecule has 0 aliphatic heterocycles. The summed E-state index contributed by atoms with van der Waals surface area (Å²) in [6.07, 6.45) is 3.32. The third-order valence-corrected chi connectivity index (χ3v) is 3.83. The van der Waals surface area contributed by atoms with Gasteiger partial charge in [-0.2, -0.15) is 0 Å². The predicted octanol–water partition coefficient (Wildman–Crippen LogP) is 1.93. The van der Waals surface area contributed by atoms with Crippen molar-refractivity contribution in [3.05, 3.63) is 54.0 Å². The van der Waals surface area contributed by atoms with E-state index in [1.807, 2.05) is 12.1 Å². The maximum atomic E-state index is 11.5. The van der Waals surface area contributed by atoms with Crippen LogP contribution in [0.4, 0.5) is 0 Å². The zero-order chi connectivity index (χ0) is 13.2. The van der Waals surface area contributed by atoms with Gasteiger partial charge >= 0.3 is 0 Å². The number of furan rings is 1. The molecule has 5 heteroatoms. The van der Waals surface area contributed by atoms with Gasteiger partial charge in [-0.3, -0.25) is 0 Å². The van der Waals surface area contributed by atoms with Crippen LogP contribution in [-0.2, 0) is 16.3 Å². The number of rotatable bonds is 4. The minimum absolute atomic E-state index is 0.280. The topological polar surface area (TPSA) is 73.3 Å². The number of sulfone groups is 1. The third kappa shape index (κ3) is 3.00. The summed E-state index contributed by atoms with van der Waals surface area (Å²) in [4.78, 5) is 0.287. The van der Waals surface area contributed by atoms with Crippen molar-refractivity contribution < 1.29 is 12.8 Å². The van der Waals surface area contributed by atoms with Crippen LogP contribution in [0.1, 0.15) is 17.4 Å². The van der Waals surface area contributed by atoms with E-state index >= 15 is 0 Å². The van der Waals surface area contributed by atoms with Gasteiger partial charge in [-0.25, -0.2) is 8.42 Å². The summed E-state index contributed by atoms with van der Waals surface area (Å²) >= 11 is 0. The van der Waals surface area contributed by atoms with Crippen molar-refractivity contribution in [3.63, 3.8) is 0 Å². The molecule has 0 amide bonds. The van der Waals surface area contributed by atoms with E-state index in [2.05, 4.69) is 0 Å². The van der Waals surface area contributed by atoms with E-state index in [4.69, 9.17) is 10.2 Å². The summed E-state index contributed by atoms with van der Waals surface area (Å²) in [5.41, 5.74) is 6.83. The molecule has 0 aliphatic carbocycles. The van der Waals surface area contributed by atoms with Crippen molar-refractivity contribution in [1.82, 2.24) is 0 Å². The first-order valence-electron chi connectivity index (χ1n) is 5.55. The molecule has 2 rings (SSSR count). The van der Waals surface area contributed by atoms with Crippen molar-refractivity contribution >= 4 is 9.84 Å². The number of hydrogen-bond acceptors (Lipinski definition) is 4. The van der Waals surface area contributed by atoms with E-state index in [1.54, 1.807) is 30.5 Å². The quantitative estimate of drug-likeness (QED) is 0.916. The molecule has 96 valence electrons. The molecular formula is C13H15NO3S. The van der Waals surface area contributed by atoms with E-state index in [1.165, 1.54) is 6.26 Å². The lowest BCUT2D eigenvalue weighted by Crippen LogP contribution is -2.13. The molecule has 0 spiro atoms. The van der Waals surface area contributed by atoms with E-state index < -0.39 is 9.84 Å². The van der Waals surface area contributed by atoms with Gasteiger partial charge in [0.2, 0.25) is 0 Å². The maximum absolute atomic E-state index is 11.5. The fraction of sp³-hybridized carbons (Fsp3) is 0.231. The van der Waals surface area contributed by atoms with Crippen LogP contribution in [0.3, 0.4) is 0 Å². The number of benzene rings is 1. The Hall–Kier alpha value is -1.59. The lowest BCUT2D eigenvalue weighted by Gasteiger charge is -2.11. The monoisotopic (exact) mass is 265 g/mol. The Bertz CT molecular complexity index is 617. The van der Waals surface area contributed by atoms with Gasteiger partial charge in [-0.15, -0.1) is 0 Å².